The SMILES string of the molecule is CCCCCC[C@H]1CC[C@H](c2ccc(C(=O)Oc3ccc(CCCCC)c(F)c3F)cc2)CC1. The van der Waals surface area contributed by atoms with E-state index in [0.717, 1.165) is 25.2 Å². The number of hydrogen-bond donors (Lipinski definition) is 0. The summed E-state index contributed by atoms with van der Waals surface area (Å²) in [6, 6.07) is 10.3. The van der Waals surface area contributed by atoms with Crippen molar-refractivity contribution in [2.75, 3.05) is 0 Å². The smallest absolute Gasteiger partial charge is 0.343 e. The van der Waals surface area contributed by atoms with Crippen molar-refractivity contribution < 1.29 is 18.3 Å². The summed E-state index contributed by atoms with van der Waals surface area (Å²) in [6.07, 6.45) is 14.9. The van der Waals surface area contributed by atoms with E-state index in [9.17, 15) is 13.6 Å². The molecule has 0 bridgehead atoms. The number of esters is 1. The van der Waals surface area contributed by atoms with E-state index in [1.54, 1.807) is 12.1 Å². The van der Waals surface area contributed by atoms with Gasteiger partial charge in [0.25, 0.3) is 0 Å². The van der Waals surface area contributed by atoms with Gasteiger partial charge in [0.15, 0.2) is 11.6 Å². The number of ether oxygens (including phenoxy) is 1. The first kappa shape index (κ1) is 26.4. The Kier molecular flexibility index (Phi) is 10.6. The van der Waals surface area contributed by atoms with Gasteiger partial charge in [-0.2, -0.15) is 4.39 Å². The van der Waals surface area contributed by atoms with Crippen LogP contribution in [-0.4, -0.2) is 5.97 Å². The molecule has 0 N–H and O–H groups in total. The Morgan fingerprint density at radius 1 is 0.824 bits per heavy atom. The molecule has 0 radical (unpaired) electrons. The molecule has 0 saturated heterocycles. The molecule has 1 saturated carbocycles. The highest BCUT2D eigenvalue weighted by Crippen LogP contribution is 2.38. The summed E-state index contributed by atoms with van der Waals surface area (Å²) in [7, 11) is 0. The maximum absolute atomic E-state index is 14.4. The lowest BCUT2D eigenvalue weighted by Gasteiger charge is -2.29. The second-order valence-electron chi connectivity index (χ2n) is 9.89. The molecule has 1 aliphatic carbocycles. The van der Waals surface area contributed by atoms with Gasteiger partial charge in [-0.15, -0.1) is 0 Å². The quantitative estimate of drug-likeness (QED) is 0.176. The Morgan fingerprint density at radius 2 is 1.50 bits per heavy atom. The number of hydrogen-bond acceptors (Lipinski definition) is 2. The van der Waals surface area contributed by atoms with Crippen LogP contribution in [0.1, 0.15) is 118 Å². The Morgan fingerprint density at radius 3 is 2.18 bits per heavy atom. The number of carbonyl (C=O) groups excluding carboxylic acids is 1. The number of halogens is 2. The van der Waals surface area contributed by atoms with E-state index in [-0.39, 0.29) is 5.75 Å². The van der Waals surface area contributed by atoms with Crippen molar-refractivity contribution in [3.63, 3.8) is 0 Å². The third-order valence-electron chi connectivity index (χ3n) is 7.31. The third kappa shape index (κ3) is 7.38. The largest absolute Gasteiger partial charge is 0.420 e. The Balaban J connectivity index is 1.52. The predicted octanol–water partition coefficient (Wildman–Crippen LogP) is 9.16. The molecule has 0 amide bonds. The van der Waals surface area contributed by atoms with Crippen molar-refractivity contribution in [1.29, 1.82) is 0 Å². The van der Waals surface area contributed by atoms with Crippen molar-refractivity contribution in [3.05, 3.63) is 64.7 Å². The summed E-state index contributed by atoms with van der Waals surface area (Å²) in [5.41, 5.74) is 1.92. The van der Waals surface area contributed by atoms with Gasteiger partial charge < -0.3 is 4.74 Å². The van der Waals surface area contributed by atoms with E-state index < -0.39 is 17.6 Å². The van der Waals surface area contributed by atoms with Crippen LogP contribution in [0, 0.1) is 17.6 Å². The van der Waals surface area contributed by atoms with E-state index in [4.69, 9.17) is 4.74 Å². The summed E-state index contributed by atoms with van der Waals surface area (Å²) in [4.78, 5) is 12.5. The fraction of sp³-hybridized carbons (Fsp3) is 0.567. The minimum Gasteiger partial charge on any atom is -0.420 e. The van der Waals surface area contributed by atoms with E-state index in [0.29, 0.717) is 23.5 Å². The van der Waals surface area contributed by atoms with Gasteiger partial charge in [0, 0.05) is 0 Å². The van der Waals surface area contributed by atoms with Gasteiger partial charge in [-0.1, -0.05) is 77.0 Å². The molecule has 0 heterocycles. The average Bonchev–Trinajstić information content (AvgIpc) is 2.86. The molecule has 0 aliphatic heterocycles. The Hall–Kier alpha value is -2.23. The van der Waals surface area contributed by atoms with E-state index >= 15 is 0 Å². The zero-order valence-electron chi connectivity index (χ0n) is 20.9. The van der Waals surface area contributed by atoms with Gasteiger partial charge in [-0.3, -0.25) is 0 Å². The van der Waals surface area contributed by atoms with Crippen LogP contribution >= 0.6 is 0 Å². The zero-order chi connectivity index (χ0) is 24.3. The second kappa shape index (κ2) is 13.6. The van der Waals surface area contributed by atoms with Crippen LogP contribution < -0.4 is 4.74 Å². The first-order valence-corrected chi connectivity index (χ1v) is 13.3. The lowest BCUT2D eigenvalue weighted by atomic mass is 9.77. The summed E-state index contributed by atoms with van der Waals surface area (Å²) < 4.78 is 34.0. The van der Waals surface area contributed by atoms with Crippen molar-refractivity contribution in [3.8, 4) is 5.75 Å². The number of rotatable bonds is 12. The molecular formula is C30H40F2O2. The highest BCUT2D eigenvalue weighted by Gasteiger charge is 2.23. The maximum atomic E-state index is 14.4. The minimum atomic E-state index is -1.09. The highest BCUT2D eigenvalue weighted by molar-refractivity contribution is 5.91. The van der Waals surface area contributed by atoms with Crippen molar-refractivity contribution in [2.24, 2.45) is 5.92 Å². The molecule has 186 valence electrons. The van der Waals surface area contributed by atoms with E-state index in [1.807, 2.05) is 12.1 Å². The van der Waals surface area contributed by atoms with Crippen molar-refractivity contribution in [2.45, 2.75) is 103 Å². The molecule has 2 nitrogen and oxygen atoms in total. The molecule has 0 atom stereocenters. The standard InChI is InChI=1S/C30H40F2O2/c1-3-5-7-9-10-22-12-14-23(15-13-22)24-16-18-26(19-17-24)30(33)34-27-21-20-25(11-8-6-4-2)28(31)29(27)32/h16-23H,3-15H2,1-2H3/t22-,23-. The first-order valence-electron chi connectivity index (χ1n) is 13.3. The average molecular weight is 471 g/mol. The Labute approximate surface area is 204 Å². The van der Waals surface area contributed by atoms with Crippen LogP contribution in [0.25, 0.3) is 0 Å². The topological polar surface area (TPSA) is 26.3 Å². The van der Waals surface area contributed by atoms with Crippen LogP contribution in [-0.2, 0) is 6.42 Å². The Bertz CT molecular complexity index is 899. The number of carbonyl (C=O) groups is 1. The lowest BCUT2D eigenvalue weighted by Crippen LogP contribution is -2.14. The van der Waals surface area contributed by atoms with Crippen LogP contribution in [0.3, 0.4) is 0 Å². The maximum Gasteiger partial charge on any atom is 0.343 e. The summed E-state index contributed by atoms with van der Waals surface area (Å²) in [6.45, 7) is 4.31. The van der Waals surface area contributed by atoms with Crippen LogP contribution in [0.15, 0.2) is 36.4 Å². The summed E-state index contributed by atoms with van der Waals surface area (Å²) >= 11 is 0. The van der Waals surface area contributed by atoms with Gasteiger partial charge in [0.2, 0.25) is 5.82 Å². The normalized spacial score (nSPS) is 18.1. The molecule has 0 unspecified atom stereocenters. The first-order chi connectivity index (χ1) is 16.5. The molecule has 1 aliphatic rings. The molecule has 3 rings (SSSR count). The van der Waals surface area contributed by atoms with Crippen LogP contribution in [0.5, 0.6) is 5.75 Å². The number of aryl methyl sites for hydroxylation is 1. The predicted molar refractivity (Wildman–Crippen MR) is 134 cm³/mol. The second-order valence-corrected chi connectivity index (χ2v) is 9.89. The fourth-order valence-corrected chi connectivity index (χ4v) is 5.10. The lowest BCUT2D eigenvalue weighted by molar-refractivity contribution is 0.0726. The monoisotopic (exact) mass is 470 g/mol. The van der Waals surface area contributed by atoms with Gasteiger partial charge >= 0.3 is 5.97 Å². The molecule has 2 aromatic rings. The molecule has 34 heavy (non-hydrogen) atoms. The van der Waals surface area contributed by atoms with Gasteiger partial charge in [0.05, 0.1) is 5.56 Å². The molecular weight excluding hydrogens is 430 g/mol. The number of benzene rings is 2. The summed E-state index contributed by atoms with van der Waals surface area (Å²) in [5, 5.41) is 0. The fourth-order valence-electron chi connectivity index (χ4n) is 5.10. The molecule has 2 aromatic carbocycles. The molecule has 4 heteroatoms. The van der Waals surface area contributed by atoms with Gasteiger partial charge in [0.1, 0.15) is 0 Å². The van der Waals surface area contributed by atoms with Crippen molar-refractivity contribution in [1.82, 2.24) is 0 Å². The van der Waals surface area contributed by atoms with Gasteiger partial charge in [-0.05, 0) is 79.7 Å². The van der Waals surface area contributed by atoms with Crippen LogP contribution in [0.2, 0.25) is 0 Å². The molecule has 0 spiro atoms. The molecule has 0 aromatic heterocycles. The van der Waals surface area contributed by atoms with E-state index in [2.05, 4.69) is 13.8 Å². The zero-order valence-corrected chi connectivity index (χ0v) is 20.9. The third-order valence-corrected chi connectivity index (χ3v) is 7.31. The summed E-state index contributed by atoms with van der Waals surface area (Å²) in [5.74, 6) is -1.65. The number of unbranched alkanes of at least 4 members (excludes halogenated alkanes) is 5. The molecule has 1 fully saturated rings. The highest BCUT2D eigenvalue weighted by atomic mass is 19.2. The van der Waals surface area contributed by atoms with E-state index in [1.165, 1.54) is 75.5 Å². The van der Waals surface area contributed by atoms with Crippen molar-refractivity contribution >= 4 is 5.97 Å². The minimum absolute atomic E-state index is 0.325. The van der Waals surface area contributed by atoms with Gasteiger partial charge in [-0.25, -0.2) is 9.18 Å². The van der Waals surface area contributed by atoms with Crippen LogP contribution in [0.4, 0.5) is 8.78 Å².